The average Bonchev–Trinajstić information content (AvgIpc) is 3.50. The molecule has 2 aliphatic rings. The number of carbonyl (C=O) groups is 1. The molecule has 0 atom stereocenters. The molecule has 0 saturated carbocycles. The maximum Gasteiger partial charge on any atom is 0.410 e. The van der Waals surface area contributed by atoms with E-state index in [0.717, 1.165) is 25.9 Å². The monoisotopic (exact) mass is 492 g/mol. The van der Waals surface area contributed by atoms with E-state index >= 15 is 0 Å². The minimum Gasteiger partial charge on any atom is -0.444 e. The van der Waals surface area contributed by atoms with E-state index < -0.39 is 15.4 Å². The topological polar surface area (TPSA) is 163 Å². The van der Waals surface area contributed by atoms with Crippen LogP contribution in [0.4, 0.5) is 16.2 Å². The van der Waals surface area contributed by atoms with Crippen LogP contribution in [0.15, 0.2) is 24.8 Å². The first-order valence-electron chi connectivity index (χ1n) is 11.6. The van der Waals surface area contributed by atoms with E-state index in [1.807, 2.05) is 20.8 Å². The van der Waals surface area contributed by atoms with Gasteiger partial charge >= 0.3 is 17.5 Å². The van der Waals surface area contributed by atoms with Crippen molar-refractivity contribution in [1.82, 2.24) is 29.8 Å². The molecule has 1 N–H and O–H groups in total. The van der Waals surface area contributed by atoms with Gasteiger partial charge in [0.25, 0.3) is 0 Å². The van der Waals surface area contributed by atoms with E-state index in [2.05, 4.69) is 15.5 Å². The summed E-state index contributed by atoms with van der Waals surface area (Å²) in [5, 5.41) is 32.4. The normalized spacial score (nSPS) is 17.4. The standard InChI is InChI=1S/C13H20N4O4.C8H12N4O2/c1-13(2,3)21-12(18)15-6-4-10(5-7-15)16-9-11(8-14-16)17(19)20;13-12(14)8-5-10-11(6-8)7-1-3-9-4-2-7/h8-10H,4-7H2,1-3H3;5-7,9H,1-4H2. The first-order valence-corrected chi connectivity index (χ1v) is 11.6. The van der Waals surface area contributed by atoms with E-state index in [4.69, 9.17) is 4.74 Å². The highest BCUT2D eigenvalue weighted by Crippen LogP contribution is 2.25. The van der Waals surface area contributed by atoms with Crippen molar-refractivity contribution in [2.75, 3.05) is 26.2 Å². The molecule has 2 fully saturated rings. The van der Waals surface area contributed by atoms with Gasteiger partial charge < -0.3 is 15.0 Å². The number of piperidine rings is 2. The summed E-state index contributed by atoms with van der Waals surface area (Å²) >= 11 is 0. The summed E-state index contributed by atoms with van der Waals surface area (Å²) in [6, 6.07) is 0.391. The maximum atomic E-state index is 11.9. The molecule has 0 aromatic carbocycles. The molecule has 0 unspecified atom stereocenters. The Morgan fingerprint density at radius 1 is 0.943 bits per heavy atom. The Balaban J connectivity index is 0.000000211. The van der Waals surface area contributed by atoms with Crippen LogP contribution >= 0.6 is 0 Å². The van der Waals surface area contributed by atoms with E-state index in [-0.39, 0.29) is 23.5 Å². The summed E-state index contributed by atoms with van der Waals surface area (Å²) in [6.45, 7) is 8.54. The molecule has 4 heterocycles. The molecule has 14 nitrogen and oxygen atoms in total. The molecule has 0 aliphatic carbocycles. The summed E-state index contributed by atoms with van der Waals surface area (Å²) in [6.07, 6.45) is 8.58. The number of ether oxygens (including phenoxy) is 1. The van der Waals surface area contributed by atoms with E-state index in [0.29, 0.717) is 32.0 Å². The van der Waals surface area contributed by atoms with Crippen LogP contribution in [0.3, 0.4) is 0 Å². The molecule has 2 aromatic heterocycles. The summed E-state index contributed by atoms with van der Waals surface area (Å²) in [4.78, 5) is 33.8. The van der Waals surface area contributed by atoms with Gasteiger partial charge in [0.2, 0.25) is 0 Å². The van der Waals surface area contributed by atoms with E-state index in [1.165, 1.54) is 24.8 Å². The molecule has 14 heteroatoms. The number of hydrogen-bond donors (Lipinski definition) is 1. The minimum atomic E-state index is -0.503. The fourth-order valence-electron chi connectivity index (χ4n) is 3.95. The van der Waals surface area contributed by atoms with Crippen LogP contribution in [-0.2, 0) is 4.74 Å². The SMILES string of the molecule is CC(C)(C)OC(=O)N1CCC(n2cc([N+](=O)[O-])cn2)CC1.O=[N+]([O-])c1cnn(C2CCNCC2)c1. The molecular weight excluding hydrogens is 460 g/mol. The number of aromatic nitrogens is 4. The molecule has 2 aliphatic heterocycles. The largest absolute Gasteiger partial charge is 0.444 e. The lowest BCUT2D eigenvalue weighted by molar-refractivity contribution is -0.385. The lowest BCUT2D eigenvalue weighted by Gasteiger charge is -2.33. The number of amides is 1. The van der Waals surface area contributed by atoms with Crippen LogP contribution < -0.4 is 5.32 Å². The predicted molar refractivity (Wildman–Crippen MR) is 125 cm³/mol. The predicted octanol–water partition coefficient (Wildman–Crippen LogP) is 3.08. The Morgan fingerprint density at radius 2 is 1.40 bits per heavy atom. The minimum absolute atomic E-state index is 0.00966. The molecule has 2 aromatic rings. The van der Waals surface area contributed by atoms with Crippen LogP contribution in [0.1, 0.15) is 58.5 Å². The van der Waals surface area contributed by atoms with Crippen molar-refractivity contribution >= 4 is 17.5 Å². The van der Waals surface area contributed by atoms with Crippen molar-refractivity contribution < 1.29 is 19.4 Å². The van der Waals surface area contributed by atoms with Crippen LogP contribution in [0, 0.1) is 20.2 Å². The second-order valence-electron chi connectivity index (χ2n) is 9.55. The highest BCUT2D eigenvalue weighted by Gasteiger charge is 2.28. The number of hydrogen-bond acceptors (Lipinski definition) is 9. The molecule has 192 valence electrons. The third-order valence-corrected chi connectivity index (χ3v) is 5.77. The maximum absolute atomic E-state index is 11.9. The Kier molecular flexibility index (Phi) is 8.38. The summed E-state index contributed by atoms with van der Waals surface area (Å²) in [5.41, 5.74) is -0.440. The molecule has 35 heavy (non-hydrogen) atoms. The molecule has 4 rings (SSSR count). The molecule has 0 radical (unpaired) electrons. The zero-order chi connectivity index (χ0) is 25.6. The van der Waals surface area contributed by atoms with Crippen molar-refractivity contribution in [3.63, 3.8) is 0 Å². The van der Waals surface area contributed by atoms with Crippen molar-refractivity contribution in [2.24, 2.45) is 0 Å². The van der Waals surface area contributed by atoms with Crippen LogP contribution in [0.5, 0.6) is 0 Å². The smallest absolute Gasteiger partial charge is 0.410 e. The summed E-state index contributed by atoms with van der Waals surface area (Å²) < 4.78 is 8.65. The van der Waals surface area contributed by atoms with Gasteiger partial charge in [-0.15, -0.1) is 0 Å². The first kappa shape index (κ1) is 26.1. The fraction of sp³-hybridized carbons (Fsp3) is 0.667. The average molecular weight is 493 g/mol. The molecule has 2 saturated heterocycles. The Bertz CT molecular complexity index is 1020. The summed E-state index contributed by atoms with van der Waals surface area (Å²) in [7, 11) is 0. The second kappa shape index (κ2) is 11.3. The van der Waals surface area contributed by atoms with Gasteiger partial charge in [-0.1, -0.05) is 0 Å². The second-order valence-corrected chi connectivity index (χ2v) is 9.55. The van der Waals surface area contributed by atoms with E-state index in [1.54, 1.807) is 14.3 Å². The van der Waals surface area contributed by atoms with Gasteiger partial charge in [-0.05, 0) is 59.5 Å². The highest BCUT2D eigenvalue weighted by molar-refractivity contribution is 5.68. The van der Waals surface area contributed by atoms with Crippen LogP contribution in [0.25, 0.3) is 0 Å². The molecular formula is C21H32N8O6. The number of rotatable bonds is 4. The summed E-state index contributed by atoms with van der Waals surface area (Å²) in [5.74, 6) is 0. The lowest BCUT2D eigenvalue weighted by atomic mass is 10.1. The van der Waals surface area contributed by atoms with Crippen molar-refractivity contribution in [3.05, 3.63) is 45.0 Å². The van der Waals surface area contributed by atoms with Crippen LogP contribution in [0.2, 0.25) is 0 Å². The number of likely N-dealkylation sites (tertiary alicyclic amines) is 1. The number of nitrogens with zero attached hydrogens (tertiary/aromatic N) is 7. The Morgan fingerprint density at radius 3 is 1.80 bits per heavy atom. The van der Waals surface area contributed by atoms with Gasteiger partial charge in [0.15, 0.2) is 0 Å². The third kappa shape index (κ3) is 7.47. The number of carbonyl (C=O) groups excluding carboxylic acids is 1. The van der Waals surface area contributed by atoms with Gasteiger partial charge in [0, 0.05) is 13.1 Å². The number of nitrogens with one attached hydrogen (secondary N) is 1. The molecule has 0 spiro atoms. The van der Waals surface area contributed by atoms with Gasteiger partial charge in [0.05, 0.1) is 21.9 Å². The highest BCUT2D eigenvalue weighted by atomic mass is 16.6. The fourth-order valence-corrected chi connectivity index (χ4v) is 3.95. The quantitative estimate of drug-likeness (QED) is 0.499. The van der Waals surface area contributed by atoms with Crippen molar-refractivity contribution in [1.29, 1.82) is 0 Å². The third-order valence-electron chi connectivity index (χ3n) is 5.77. The van der Waals surface area contributed by atoms with Crippen LogP contribution in [-0.4, -0.2) is 72.2 Å². The molecule has 0 bridgehead atoms. The van der Waals surface area contributed by atoms with Gasteiger partial charge in [-0.3, -0.25) is 29.6 Å². The van der Waals surface area contributed by atoms with Gasteiger partial charge in [-0.25, -0.2) is 4.79 Å². The number of nitro groups is 2. The Labute approximate surface area is 202 Å². The zero-order valence-corrected chi connectivity index (χ0v) is 20.2. The lowest BCUT2D eigenvalue weighted by Crippen LogP contribution is -2.42. The van der Waals surface area contributed by atoms with E-state index in [9.17, 15) is 25.0 Å². The van der Waals surface area contributed by atoms with Crippen molar-refractivity contribution in [3.8, 4) is 0 Å². The first-order chi connectivity index (χ1) is 16.5. The Hall–Kier alpha value is -3.55. The zero-order valence-electron chi connectivity index (χ0n) is 20.2. The van der Waals surface area contributed by atoms with Gasteiger partial charge in [-0.2, -0.15) is 10.2 Å². The van der Waals surface area contributed by atoms with Gasteiger partial charge in [0.1, 0.15) is 30.4 Å². The van der Waals surface area contributed by atoms with Crippen molar-refractivity contribution in [2.45, 2.75) is 64.1 Å². The molecule has 1 amide bonds.